The van der Waals surface area contributed by atoms with Gasteiger partial charge in [-0.25, -0.2) is 0 Å². The van der Waals surface area contributed by atoms with Crippen LogP contribution in [0.25, 0.3) is 0 Å². The number of hydrogen-bond acceptors (Lipinski definition) is 6. The molecule has 204 valence electrons. The third-order valence-corrected chi connectivity index (χ3v) is 7.91. The van der Waals surface area contributed by atoms with Crippen LogP contribution in [0.1, 0.15) is 69.4 Å². The summed E-state index contributed by atoms with van der Waals surface area (Å²) in [6.45, 7) is 9.41. The van der Waals surface area contributed by atoms with Crippen LogP contribution in [-0.4, -0.2) is 73.7 Å². The number of unbranched alkanes of at least 4 members (excludes halogenated alkanes) is 2. The lowest BCUT2D eigenvalue weighted by Crippen LogP contribution is -2.46. The minimum absolute atomic E-state index is 0.359. The van der Waals surface area contributed by atoms with Gasteiger partial charge < -0.3 is 19.3 Å². The second-order valence-corrected chi connectivity index (χ2v) is 10.5. The molecule has 2 aromatic carbocycles. The van der Waals surface area contributed by atoms with Gasteiger partial charge >= 0.3 is 0 Å². The number of benzene rings is 2. The minimum atomic E-state index is -0.442. The van der Waals surface area contributed by atoms with Gasteiger partial charge in [0.25, 0.3) is 0 Å². The third-order valence-electron chi connectivity index (χ3n) is 7.91. The monoisotopic (exact) mass is 510 g/mol. The van der Waals surface area contributed by atoms with Gasteiger partial charge in [-0.2, -0.15) is 0 Å². The van der Waals surface area contributed by atoms with Gasteiger partial charge in [-0.3, -0.25) is 9.80 Å². The Morgan fingerprint density at radius 2 is 1.84 bits per heavy atom. The summed E-state index contributed by atoms with van der Waals surface area (Å²) in [6.07, 6.45) is 7.08. The molecule has 1 saturated heterocycles. The molecule has 6 nitrogen and oxygen atoms in total. The van der Waals surface area contributed by atoms with Crippen molar-refractivity contribution in [3.63, 3.8) is 0 Å². The number of nitrogens with zero attached hydrogens (tertiary/aromatic N) is 2. The summed E-state index contributed by atoms with van der Waals surface area (Å²) in [4.78, 5) is 4.80. The van der Waals surface area contributed by atoms with E-state index in [9.17, 15) is 5.11 Å². The number of hydrogen-bond donors (Lipinski definition) is 1. The SMILES string of the molecule is CCCCN(CCCC)C(O)CN1CC(c2ccc3c(c2)CCO3)C[C@@H]1CCOc1ccccc1OC. The lowest BCUT2D eigenvalue weighted by Gasteiger charge is -2.33. The zero-order chi connectivity index (χ0) is 26.0. The van der Waals surface area contributed by atoms with Gasteiger partial charge in [-0.1, -0.05) is 51.0 Å². The van der Waals surface area contributed by atoms with E-state index in [4.69, 9.17) is 14.2 Å². The first-order chi connectivity index (χ1) is 18.1. The van der Waals surface area contributed by atoms with Gasteiger partial charge in [0, 0.05) is 38.6 Å². The molecule has 37 heavy (non-hydrogen) atoms. The number of methoxy groups -OCH3 is 1. The van der Waals surface area contributed by atoms with Gasteiger partial charge in [0.2, 0.25) is 0 Å². The molecule has 2 heterocycles. The molecule has 3 atom stereocenters. The lowest BCUT2D eigenvalue weighted by atomic mass is 9.93. The molecule has 2 aliphatic heterocycles. The number of likely N-dealkylation sites (tertiary alicyclic amines) is 1. The van der Waals surface area contributed by atoms with Crippen LogP contribution in [-0.2, 0) is 6.42 Å². The maximum Gasteiger partial charge on any atom is 0.161 e. The summed E-state index contributed by atoms with van der Waals surface area (Å²) in [5.74, 6) is 3.05. The Morgan fingerprint density at radius 3 is 2.57 bits per heavy atom. The van der Waals surface area contributed by atoms with Gasteiger partial charge in [0.1, 0.15) is 12.0 Å². The fourth-order valence-electron chi connectivity index (χ4n) is 5.71. The lowest BCUT2D eigenvalue weighted by molar-refractivity contribution is -0.0263. The fraction of sp³-hybridized carbons (Fsp3) is 0.613. The highest BCUT2D eigenvalue weighted by atomic mass is 16.5. The summed E-state index contributed by atoms with van der Waals surface area (Å²) < 4.78 is 17.4. The highest BCUT2D eigenvalue weighted by molar-refractivity contribution is 5.41. The Labute approximate surface area is 223 Å². The van der Waals surface area contributed by atoms with Crippen molar-refractivity contribution < 1.29 is 19.3 Å². The molecule has 6 heteroatoms. The maximum absolute atomic E-state index is 11.3. The van der Waals surface area contributed by atoms with E-state index >= 15 is 0 Å². The summed E-state index contributed by atoms with van der Waals surface area (Å²) in [7, 11) is 1.68. The molecule has 0 aliphatic carbocycles. The third kappa shape index (κ3) is 7.40. The molecule has 0 saturated carbocycles. The molecule has 4 rings (SSSR count). The molecule has 1 fully saturated rings. The molecular formula is C31H46N2O4. The van der Waals surface area contributed by atoms with Crippen molar-refractivity contribution in [1.29, 1.82) is 0 Å². The predicted octanol–water partition coefficient (Wildman–Crippen LogP) is 5.48. The van der Waals surface area contributed by atoms with Crippen LogP contribution in [0, 0.1) is 0 Å². The van der Waals surface area contributed by atoms with Gasteiger partial charge in [-0.05, 0) is 60.9 Å². The van der Waals surface area contributed by atoms with Crippen molar-refractivity contribution in [1.82, 2.24) is 9.80 Å². The first kappa shape index (κ1) is 27.7. The minimum Gasteiger partial charge on any atom is -0.493 e. The van der Waals surface area contributed by atoms with E-state index in [0.717, 1.165) is 88.4 Å². The molecule has 0 aromatic heterocycles. The van der Waals surface area contributed by atoms with Crippen molar-refractivity contribution in [2.24, 2.45) is 0 Å². The van der Waals surface area contributed by atoms with Crippen molar-refractivity contribution >= 4 is 0 Å². The van der Waals surface area contributed by atoms with Crippen LogP contribution in [0.15, 0.2) is 42.5 Å². The van der Waals surface area contributed by atoms with E-state index < -0.39 is 6.23 Å². The Kier molecular flexibility index (Phi) is 10.5. The molecule has 0 amide bonds. The molecule has 0 bridgehead atoms. The Hall–Kier alpha value is -2.28. The second kappa shape index (κ2) is 14.0. The zero-order valence-electron chi connectivity index (χ0n) is 23.0. The average molecular weight is 511 g/mol. The van der Waals surface area contributed by atoms with Gasteiger partial charge in [0.15, 0.2) is 11.5 Å². The highest BCUT2D eigenvalue weighted by Gasteiger charge is 2.35. The van der Waals surface area contributed by atoms with Gasteiger partial charge in [-0.15, -0.1) is 0 Å². The molecule has 2 unspecified atom stereocenters. The number of fused-ring (bicyclic) bond motifs is 1. The Morgan fingerprint density at radius 1 is 1.08 bits per heavy atom. The van der Waals surface area contributed by atoms with Crippen molar-refractivity contribution in [3.05, 3.63) is 53.6 Å². The Balaban J connectivity index is 1.44. The number of aliphatic hydroxyl groups excluding tert-OH is 1. The standard InChI is InChI=1S/C31H46N2O4/c1-4-6-16-32(17-7-5-2)31(34)23-33-22-26(24-12-13-28-25(20-24)14-18-36-28)21-27(33)15-19-37-30-11-9-8-10-29(30)35-3/h8-13,20,26-27,31,34H,4-7,14-19,21-23H2,1-3H3/t26?,27-,31?/m0/s1. The molecule has 2 aliphatic rings. The number of para-hydroxylation sites is 2. The maximum atomic E-state index is 11.3. The van der Waals surface area contributed by atoms with E-state index in [0.29, 0.717) is 25.1 Å². The van der Waals surface area contributed by atoms with Crippen molar-refractivity contribution in [3.8, 4) is 17.2 Å². The van der Waals surface area contributed by atoms with Gasteiger partial charge in [0.05, 0.1) is 20.3 Å². The first-order valence-corrected chi connectivity index (χ1v) is 14.3. The van der Waals surface area contributed by atoms with Crippen LogP contribution < -0.4 is 14.2 Å². The van der Waals surface area contributed by atoms with E-state index in [1.807, 2.05) is 24.3 Å². The average Bonchev–Trinajstić information content (AvgIpc) is 3.55. The molecule has 2 aromatic rings. The van der Waals surface area contributed by atoms with E-state index in [2.05, 4.69) is 41.8 Å². The van der Waals surface area contributed by atoms with Crippen LogP contribution in [0.4, 0.5) is 0 Å². The number of rotatable bonds is 15. The molecule has 0 spiro atoms. The van der Waals surface area contributed by atoms with Crippen LogP contribution in [0.5, 0.6) is 17.2 Å². The van der Waals surface area contributed by atoms with Crippen molar-refractivity contribution in [2.45, 2.75) is 77.0 Å². The fourth-order valence-corrected chi connectivity index (χ4v) is 5.71. The van der Waals surface area contributed by atoms with E-state index in [1.54, 1.807) is 7.11 Å². The molecule has 1 N–H and O–H groups in total. The second-order valence-electron chi connectivity index (χ2n) is 10.5. The van der Waals surface area contributed by atoms with E-state index in [1.165, 1.54) is 11.1 Å². The topological polar surface area (TPSA) is 54.4 Å². The largest absolute Gasteiger partial charge is 0.493 e. The number of ether oxygens (including phenoxy) is 3. The zero-order valence-corrected chi connectivity index (χ0v) is 23.0. The smallest absolute Gasteiger partial charge is 0.161 e. The van der Waals surface area contributed by atoms with Crippen molar-refractivity contribution in [2.75, 3.05) is 46.5 Å². The summed E-state index contributed by atoms with van der Waals surface area (Å²) in [5, 5.41) is 11.3. The van der Waals surface area contributed by atoms with E-state index in [-0.39, 0.29) is 0 Å². The number of aliphatic hydroxyl groups is 1. The predicted molar refractivity (Wildman–Crippen MR) is 149 cm³/mol. The summed E-state index contributed by atoms with van der Waals surface area (Å²) in [5.41, 5.74) is 2.73. The van der Waals surface area contributed by atoms with Crippen LogP contribution in [0.2, 0.25) is 0 Å². The quantitative estimate of drug-likeness (QED) is 0.320. The molecule has 0 radical (unpaired) electrons. The molecular weight excluding hydrogens is 464 g/mol. The van der Waals surface area contributed by atoms with Crippen LogP contribution >= 0.6 is 0 Å². The summed E-state index contributed by atoms with van der Waals surface area (Å²) >= 11 is 0. The number of β-amino-alcohol motifs (C(OH)–C–C–N with tert-alkyl or cyclic N) is 1. The Bertz CT molecular complexity index is 960. The normalized spacial score (nSPS) is 20.1. The van der Waals surface area contributed by atoms with Crippen LogP contribution in [0.3, 0.4) is 0 Å². The highest BCUT2D eigenvalue weighted by Crippen LogP contribution is 2.37. The first-order valence-electron chi connectivity index (χ1n) is 14.3. The summed E-state index contributed by atoms with van der Waals surface area (Å²) in [6, 6.07) is 14.9.